The lowest BCUT2D eigenvalue weighted by Gasteiger charge is -2.21. The number of carbonyl (C=O) groups excluding carboxylic acids is 1. The van der Waals surface area contributed by atoms with Crippen molar-refractivity contribution >= 4 is 63.3 Å². The third kappa shape index (κ3) is 3.55. The Morgan fingerprint density at radius 2 is 1.92 bits per heavy atom. The zero-order chi connectivity index (χ0) is 18.8. The summed E-state index contributed by atoms with van der Waals surface area (Å²) in [6.45, 7) is 0. The fraction of sp³-hybridized carbons (Fsp3) is 0.125. The number of fused-ring (bicyclic) bond motifs is 1. The lowest BCUT2D eigenvalue weighted by Crippen LogP contribution is -2.45. The Hall–Kier alpha value is -2.85. The van der Waals surface area contributed by atoms with Crippen molar-refractivity contribution in [2.24, 2.45) is 0 Å². The molecule has 1 unspecified atom stereocenters. The highest BCUT2D eigenvalue weighted by molar-refractivity contribution is 8.26. The van der Waals surface area contributed by atoms with Gasteiger partial charge in [-0.15, -0.1) is 0 Å². The monoisotopic (exact) mass is 389 g/mol. The number of amides is 1. The number of hydrogen-bond donors (Lipinski definition) is 2. The van der Waals surface area contributed by atoms with Crippen LogP contribution in [0.5, 0.6) is 0 Å². The highest BCUT2D eigenvalue weighted by Crippen LogP contribution is 2.34. The quantitative estimate of drug-likeness (QED) is 0.582. The predicted molar refractivity (Wildman–Crippen MR) is 98.2 cm³/mol. The predicted octanol–water partition coefficient (Wildman–Crippen LogP) is 1.76. The van der Waals surface area contributed by atoms with Crippen LogP contribution < -0.4 is 0 Å². The van der Waals surface area contributed by atoms with Crippen LogP contribution in [-0.4, -0.2) is 53.3 Å². The summed E-state index contributed by atoms with van der Waals surface area (Å²) in [6.07, 6.45) is 3.95. The summed E-state index contributed by atoms with van der Waals surface area (Å²) >= 11 is 6.02. The second kappa shape index (κ2) is 7.18. The molecule has 26 heavy (non-hydrogen) atoms. The topological polar surface area (TPSA) is 121 Å². The fourth-order valence-corrected chi connectivity index (χ4v) is 3.78. The van der Waals surface area contributed by atoms with Crippen molar-refractivity contribution in [2.45, 2.75) is 12.5 Å². The number of aromatic nitrogens is 2. The molecule has 1 amide bonds. The molecule has 0 radical (unpaired) electrons. The Morgan fingerprint density at radius 1 is 1.23 bits per heavy atom. The molecule has 1 aliphatic heterocycles. The maximum Gasteiger partial charge on any atom is 0.327 e. The molecule has 0 aliphatic carbocycles. The van der Waals surface area contributed by atoms with E-state index in [0.29, 0.717) is 16.6 Å². The first-order valence-corrected chi connectivity index (χ1v) is 8.51. The second-order valence-corrected chi connectivity index (χ2v) is 6.98. The van der Waals surface area contributed by atoms with Crippen LogP contribution in [0.25, 0.3) is 17.1 Å². The number of thiocarbonyl (C=S) groups is 1. The van der Waals surface area contributed by atoms with Gasteiger partial charge in [0.05, 0.1) is 22.4 Å². The van der Waals surface area contributed by atoms with Crippen molar-refractivity contribution in [3.8, 4) is 0 Å². The fourth-order valence-electron chi connectivity index (χ4n) is 2.42. The Kier molecular flexibility index (Phi) is 4.96. The van der Waals surface area contributed by atoms with Gasteiger partial charge in [0.25, 0.3) is 5.91 Å². The van der Waals surface area contributed by atoms with E-state index >= 15 is 0 Å². The Morgan fingerprint density at radius 3 is 2.58 bits per heavy atom. The minimum atomic E-state index is -1.55. The van der Waals surface area contributed by atoms with E-state index in [9.17, 15) is 19.5 Å². The Labute approximate surface area is 156 Å². The van der Waals surface area contributed by atoms with Gasteiger partial charge in [0, 0.05) is 12.4 Å². The van der Waals surface area contributed by atoms with Gasteiger partial charge in [-0.05, 0) is 23.8 Å². The number of aliphatic carboxylic acids is 2. The van der Waals surface area contributed by atoms with Gasteiger partial charge in [-0.2, -0.15) is 0 Å². The third-order valence-corrected chi connectivity index (χ3v) is 4.91. The van der Waals surface area contributed by atoms with Crippen molar-refractivity contribution in [2.75, 3.05) is 0 Å². The van der Waals surface area contributed by atoms with E-state index in [1.54, 1.807) is 36.7 Å². The van der Waals surface area contributed by atoms with Gasteiger partial charge in [-0.1, -0.05) is 30.0 Å². The van der Waals surface area contributed by atoms with Crippen molar-refractivity contribution < 1.29 is 24.6 Å². The molecule has 2 heterocycles. The van der Waals surface area contributed by atoms with E-state index < -0.39 is 30.3 Å². The zero-order valence-electron chi connectivity index (χ0n) is 13.0. The standard InChI is InChI=1S/C16H11N3O5S2/c20-13(21)7-11(15(23)24)19-14(22)12(26-16(19)25)6-8-1-2-9-10(5-8)18-4-3-17-9/h1-6,11H,7H2,(H,20,21)(H,23,24). The van der Waals surface area contributed by atoms with E-state index in [-0.39, 0.29) is 9.23 Å². The summed E-state index contributed by atoms with van der Waals surface area (Å²) in [5.74, 6) is -3.39. The van der Waals surface area contributed by atoms with Crippen molar-refractivity contribution in [3.05, 3.63) is 41.1 Å². The Balaban J connectivity index is 1.92. The van der Waals surface area contributed by atoms with E-state index in [2.05, 4.69) is 9.97 Å². The van der Waals surface area contributed by atoms with Gasteiger partial charge in [0.2, 0.25) is 0 Å². The molecule has 0 bridgehead atoms. The minimum absolute atomic E-state index is 0.00970. The van der Waals surface area contributed by atoms with Crippen LogP contribution >= 0.6 is 24.0 Å². The maximum absolute atomic E-state index is 12.6. The largest absolute Gasteiger partial charge is 0.481 e. The highest BCUT2D eigenvalue weighted by atomic mass is 32.2. The molecule has 1 aromatic carbocycles. The van der Waals surface area contributed by atoms with Gasteiger partial charge < -0.3 is 10.2 Å². The minimum Gasteiger partial charge on any atom is -0.481 e. The molecule has 10 heteroatoms. The molecular formula is C16H11N3O5S2. The molecule has 1 aliphatic rings. The van der Waals surface area contributed by atoms with Gasteiger partial charge in [-0.25, -0.2) is 4.79 Å². The van der Waals surface area contributed by atoms with Gasteiger partial charge in [0.15, 0.2) is 0 Å². The molecule has 1 saturated heterocycles. The number of rotatable bonds is 5. The van der Waals surface area contributed by atoms with Crippen molar-refractivity contribution in [1.82, 2.24) is 14.9 Å². The van der Waals surface area contributed by atoms with Crippen LogP contribution in [0.4, 0.5) is 0 Å². The molecule has 1 fully saturated rings. The van der Waals surface area contributed by atoms with Crippen LogP contribution in [-0.2, 0) is 14.4 Å². The molecule has 1 aromatic heterocycles. The number of carbonyl (C=O) groups is 3. The summed E-state index contributed by atoms with van der Waals surface area (Å²) in [5.41, 5.74) is 2.01. The molecule has 0 saturated carbocycles. The van der Waals surface area contributed by atoms with Gasteiger partial charge >= 0.3 is 11.9 Å². The van der Waals surface area contributed by atoms with Crippen molar-refractivity contribution in [3.63, 3.8) is 0 Å². The van der Waals surface area contributed by atoms with Gasteiger partial charge in [0.1, 0.15) is 10.4 Å². The van der Waals surface area contributed by atoms with Crippen LogP contribution in [0.3, 0.4) is 0 Å². The first-order valence-electron chi connectivity index (χ1n) is 7.29. The van der Waals surface area contributed by atoms with E-state index in [0.717, 1.165) is 16.7 Å². The molecular weight excluding hydrogens is 378 g/mol. The van der Waals surface area contributed by atoms with Crippen LogP contribution in [0.2, 0.25) is 0 Å². The molecule has 0 spiro atoms. The lowest BCUT2D eigenvalue weighted by atomic mass is 10.1. The zero-order valence-corrected chi connectivity index (χ0v) is 14.7. The van der Waals surface area contributed by atoms with E-state index in [4.69, 9.17) is 17.3 Å². The molecule has 1 atom stereocenters. The number of hydrogen-bond acceptors (Lipinski definition) is 7. The van der Waals surface area contributed by atoms with E-state index in [1.165, 1.54) is 0 Å². The number of thioether (sulfide) groups is 1. The highest BCUT2D eigenvalue weighted by Gasteiger charge is 2.41. The number of benzene rings is 1. The molecule has 2 aromatic rings. The SMILES string of the molecule is O=C(O)CC(C(=O)O)N1C(=O)C(=Cc2ccc3nccnc3c2)SC1=S. The summed E-state index contributed by atoms with van der Waals surface area (Å²) in [6, 6.07) is 3.68. The lowest BCUT2D eigenvalue weighted by molar-refractivity contribution is -0.150. The molecule has 8 nitrogen and oxygen atoms in total. The first-order chi connectivity index (χ1) is 12.4. The van der Waals surface area contributed by atoms with E-state index in [1.807, 2.05) is 0 Å². The summed E-state index contributed by atoms with van der Waals surface area (Å²) in [4.78, 5) is 44.2. The summed E-state index contributed by atoms with van der Waals surface area (Å²) in [7, 11) is 0. The normalized spacial score (nSPS) is 17.1. The van der Waals surface area contributed by atoms with Crippen LogP contribution in [0, 0.1) is 0 Å². The molecule has 2 N–H and O–H groups in total. The first kappa shape index (κ1) is 18.0. The van der Waals surface area contributed by atoms with Crippen molar-refractivity contribution in [1.29, 1.82) is 0 Å². The second-order valence-electron chi connectivity index (χ2n) is 5.31. The number of carboxylic acid groups (broad SMARTS) is 2. The molecule has 3 rings (SSSR count). The smallest absolute Gasteiger partial charge is 0.327 e. The number of carboxylic acids is 2. The average Bonchev–Trinajstić information content (AvgIpc) is 2.86. The third-order valence-electron chi connectivity index (χ3n) is 3.58. The van der Waals surface area contributed by atoms with Crippen LogP contribution in [0.1, 0.15) is 12.0 Å². The maximum atomic E-state index is 12.6. The Bertz CT molecular complexity index is 975. The summed E-state index contributed by atoms with van der Waals surface area (Å²) < 4.78 is 0.00970. The average molecular weight is 389 g/mol. The summed E-state index contributed by atoms with van der Waals surface area (Å²) in [5, 5.41) is 18.1. The number of nitrogens with zero attached hydrogens (tertiary/aromatic N) is 3. The molecule has 132 valence electrons. The van der Waals surface area contributed by atoms with Crippen LogP contribution in [0.15, 0.2) is 35.5 Å². The van der Waals surface area contributed by atoms with Gasteiger partial charge in [-0.3, -0.25) is 24.5 Å².